The van der Waals surface area contributed by atoms with Crippen LogP contribution in [-0.2, 0) is 6.42 Å². The molecule has 0 aromatic heterocycles. The summed E-state index contributed by atoms with van der Waals surface area (Å²) in [5.41, 5.74) is 2.99. The van der Waals surface area contributed by atoms with Gasteiger partial charge in [-0.1, -0.05) is 31.2 Å². The van der Waals surface area contributed by atoms with Crippen molar-refractivity contribution in [1.82, 2.24) is 10.6 Å². The lowest BCUT2D eigenvalue weighted by atomic mass is 9.94. The van der Waals surface area contributed by atoms with E-state index in [9.17, 15) is 0 Å². The van der Waals surface area contributed by atoms with E-state index < -0.39 is 0 Å². The monoisotopic (exact) mass is 218 g/mol. The van der Waals surface area contributed by atoms with E-state index in [2.05, 4.69) is 48.7 Å². The molecule has 2 rings (SSSR count). The fourth-order valence-corrected chi connectivity index (χ4v) is 2.24. The van der Waals surface area contributed by atoms with Gasteiger partial charge in [0.2, 0.25) is 0 Å². The smallest absolute Gasteiger partial charge is 0.0449 e. The van der Waals surface area contributed by atoms with Crippen molar-refractivity contribution < 1.29 is 0 Å². The van der Waals surface area contributed by atoms with E-state index in [4.69, 9.17) is 0 Å². The van der Waals surface area contributed by atoms with E-state index in [1.54, 1.807) is 0 Å². The zero-order chi connectivity index (χ0) is 11.4. The van der Waals surface area contributed by atoms with Crippen LogP contribution in [0.4, 0.5) is 0 Å². The summed E-state index contributed by atoms with van der Waals surface area (Å²) < 4.78 is 0. The van der Waals surface area contributed by atoms with Crippen LogP contribution in [0.3, 0.4) is 0 Å². The van der Waals surface area contributed by atoms with E-state index in [-0.39, 0.29) is 0 Å². The summed E-state index contributed by atoms with van der Waals surface area (Å²) in [5.74, 6) is 0. The van der Waals surface area contributed by atoms with Crippen LogP contribution in [0.1, 0.15) is 37.4 Å². The summed E-state index contributed by atoms with van der Waals surface area (Å²) in [6.45, 7) is 6.60. The van der Waals surface area contributed by atoms with Crippen LogP contribution in [0.15, 0.2) is 24.3 Å². The summed E-state index contributed by atoms with van der Waals surface area (Å²) in [7, 11) is 0. The molecule has 1 aromatic rings. The van der Waals surface area contributed by atoms with E-state index in [0.717, 1.165) is 19.5 Å². The SMILES string of the molecule is CCC(C)NCC1NCCc2ccccc21. The van der Waals surface area contributed by atoms with Crippen molar-refractivity contribution in [3.05, 3.63) is 35.4 Å². The quantitative estimate of drug-likeness (QED) is 0.810. The second-order valence-electron chi connectivity index (χ2n) is 4.67. The fraction of sp³-hybridized carbons (Fsp3) is 0.571. The highest BCUT2D eigenvalue weighted by Crippen LogP contribution is 2.21. The van der Waals surface area contributed by atoms with Crippen LogP contribution >= 0.6 is 0 Å². The number of nitrogens with one attached hydrogen (secondary N) is 2. The Bertz CT molecular complexity index is 335. The molecule has 1 aromatic carbocycles. The van der Waals surface area contributed by atoms with Gasteiger partial charge in [0.05, 0.1) is 0 Å². The first-order valence-electron chi connectivity index (χ1n) is 6.35. The second kappa shape index (κ2) is 5.46. The molecule has 88 valence electrons. The standard InChI is InChI=1S/C14H22N2/c1-3-11(2)16-10-14-13-7-5-4-6-12(13)8-9-15-14/h4-7,11,14-16H,3,8-10H2,1-2H3. The van der Waals surface area contributed by atoms with Gasteiger partial charge in [0.1, 0.15) is 0 Å². The molecule has 0 saturated carbocycles. The summed E-state index contributed by atoms with van der Waals surface area (Å²) >= 11 is 0. The minimum Gasteiger partial charge on any atom is -0.312 e. The van der Waals surface area contributed by atoms with Crippen molar-refractivity contribution in [3.8, 4) is 0 Å². The third kappa shape index (κ3) is 2.63. The number of hydrogen-bond donors (Lipinski definition) is 2. The van der Waals surface area contributed by atoms with E-state index in [1.165, 1.54) is 17.5 Å². The number of hydrogen-bond acceptors (Lipinski definition) is 2. The molecule has 1 aliphatic heterocycles. The first kappa shape index (κ1) is 11.6. The third-order valence-electron chi connectivity index (χ3n) is 3.50. The number of benzene rings is 1. The largest absolute Gasteiger partial charge is 0.312 e. The maximum atomic E-state index is 3.59. The number of rotatable bonds is 4. The fourth-order valence-electron chi connectivity index (χ4n) is 2.24. The zero-order valence-electron chi connectivity index (χ0n) is 10.3. The summed E-state index contributed by atoms with van der Waals surface area (Å²) in [4.78, 5) is 0. The highest BCUT2D eigenvalue weighted by molar-refractivity contribution is 5.32. The van der Waals surface area contributed by atoms with E-state index in [0.29, 0.717) is 12.1 Å². The van der Waals surface area contributed by atoms with Crippen molar-refractivity contribution in [1.29, 1.82) is 0 Å². The van der Waals surface area contributed by atoms with Crippen LogP contribution in [0.25, 0.3) is 0 Å². The highest BCUT2D eigenvalue weighted by atomic mass is 15.0. The molecule has 2 N–H and O–H groups in total. The predicted molar refractivity (Wildman–Crippen MR) is 68.6 cm³/mol. The Balaban J connectivity index is 2.01. The molecule has 1 heterocycles. The second-order valence-corrected chi connectivity index (χ2v) is 4.67. The summed E-state index contributed by atoms with van der Waals surface area (Å²) in [6, 6.07) is 9.89. The lowest BCUT2D eigenvalue weighted by Crippen LogP contribution is -2.39. The van der Waals surface area contributed by atoms with Gasteiger partial charge < -0.3 is 10.6 Å². The van der Waals surface area contributed by atoms with Gasteiger partial charge in [0.25, 0.3) is 0 Å². The molecule has 0 saturated heterocycles. The molecule has 1 aliphatic rings. The molecule has 0 amide bonds. The summed E-state index contributed by atoms with van der Waals surface area (Å²) in [5, 5.41) is 7.17. The molecule has 2 unspecified atom stereocenters. The molecular formula is C14H22N2. The lowest BCUT2D eigenvalue weighted by molar-refractivity contribution is 0.432. The molecule has 0 fully saturated rings. The molecule has 0 radical (unpaired) electrons. The van der Waals surface area contributed by atoms with E-state index in [1.807, 2.05) is 0 Å². The molecule has 2 heteroatoms. The molecule has 0 spiro atoms. The predicted octanol–water partition coefficient (Wildman–Crippen LogP) is 2.26. The average molecular weight is 218 g/mol. The lowest BCUT2D eigenvalue weighted by Gasteiger charge is -2.28. The Labute approximate surface area is 98.4 Å². The van der Waals surface area contributed by atoms with Crippen molar-refractivity contribution >= 4 is 0 Å². The van der Waals surface area contributed by atoms with Crippen molar-refractivity contribution in [3.63, 3.8) is 0 Å². The van der Waals surface area contributed by atoms with Gasteiger partial charge in [0, 0.05) is 18.6 Å². The van der Waals surface area contributed by atoms with Crippen LogP contribution in [0, 0.1) is 0 Å². The molecule has 0 bridgehead atoms. The molecule has 16 heavy (non-hydrogen) atoms. The first-order valence-corrected chi connectivity index (χ1v) is 6.35. The van der Waals surface area contributed by atoms with Gasteiger partial charge in [-0.25, -0.2) is 0 Å². The van der Waals surface area contributed by atoms with Crippen molar-refractivity contribution in [2.75, 3.05) is 13.1 Å². The van der Waals surface area contributed by atoms with Gasteiger partial charge in [0.15, 0.2) is 0 Å². The van der Waals surface area contributed by atoms with Crippen LogP contribution in [0.2, 0.25) is 0 Å². The number of fused-ring (bicyclic) bond motifs is 1. The Kier molecular flexibility index (Phi) is 3.97. The molecule has 2 atom stereocenters. The van der Waals surface area contributed by atoms with E-state index >= 15 is 0 Å². The molecule has 0 aliphatic carbocycles. The average Bonchev–Trinajstić information content (AvgIpc) is 2.35. The van der Waals surface area contributed by atoms with Gasteiger partial charge in [-0.2, -0.15) is 0 Å². The van der Waals surface area contributed by atoms with Gasteiger partial charge in [-0.05, 0) is 37.4 Å². The maximum absolute atomic E-state index is 3.59. The normalized spacial score (nSPS) is 21.5. The Hall–Kier alpha value is -0.860. The summed E-state index contributed by atoms with van der Waals surface area (Å²) in [6.07, 6.45) is 2.35. The topological polar surface area (TPSA) is 24.1 Å². The zero-order valence-corrected chi connectivity index (χ0v) is 10.3. The highest BCUT2D eigenvalue weighted by Gasteiger charge is 2.18. The van der Waals surface area contributed by atoms with Crippen LogP contribution in [0.5, 0.6) is 0 Å². The molecular weight excluding hydrogens is 196 g/mol. The van der Waals surface area contributed by atoms with Crippen LogP contribution in [-0.4, -0.2) is 19.1 Å². The third-order valence-corrected chi connectivity index (χ3v) is 3.50. The maximum Gasteiger partial charge on any atom is 0.0449 e. The van der Waals surface area contributed by atoms with Crippen molar-refractivity contribution in [2.45, 2.75) is 38.8 Å². The van der Waals surface area contributed by atoms with Crippen molar-refractivity contribution in [2.24, 2.45) is 0 Å². The van der Waals surface area contributed by atoms with Crippen LogP contribution < -0.4 is 10.6 Å². The molecule has 2 nitrogen and oxygen atoms in total. The Morgan fingerprint density at radius 3 is 3.06 bits per heavy atom. The minimum absolute atomic E-state index is 0.485. The first-order chi connectivity index (χ1) is 7.81. The van der Waals surface area contributed by atoms with Gasteiger partial charge >= 0.3 is 0 Å². The Morgan fingerprint density at radius 1 is 1.44 bits per heavy atom. The van der Waals surface area contributed by atoms with Gasteiger partial charge in [-0.15, -0.1) is 0 Å². The Morgan fingerprint density at radius 2 is 2.25 bits per heavy atom. The minimum atomic E-state index is 0.485. The van der Waals surface area contributed by atoms with Gasteiger partial charge in [-0.3, -0.25) is 0 Å².